The van der Waals surface area contributed by atoms with Crippen LogP contribution in [-0.4, -0.2) is 56.4 Å². The Labute approximate surface area is 80.7 Å². The predicted molar refractivity (Wildman–Crippen MR) is 46.5 cm³/mol. The van der Waals surface area contributed by atoms with Crippen molar-refractivity contribution in [1.29, 1.82) is 0 Å². The summed E-state index contributed by atoms with van der Waals surface area (Å²) >= 11 is 0. The summed E-state index contributed by atoms with van der Waals surface area (Å²) in [6, 6.07) is 0. The van der Waals surface area contributed by atoms with Crippen molar-refractivity contribution in [2.24, 2.45) is 0 Å². The first-order valence-electron chi connectivity index (χ1n) is 3.97. The van der Waals surface area contributed by atoms with Gasteiger partial charge in [0.15, 0.2) is 0 Å². The topological polar surface area (TPSA) is 118 Å². The quantitative estimate of drug-likeness (QED) is 0.335. The highest BCUT2D eigenvalue weighted by Crippen LogP contribution is 2.04. The first-order valence-corrected chi connectivity index (χ1v) is 3.97. The fraction of sp³-hybridized carbons (Fsp3) is 0.625. The Bertz CT molecular complexity index is 224. The number of rotatable bonds is 5. The van der Waals surface area contributed by atoms with E-state index in [2.05, 4.69) is 0 Å². The highest BCUT2D eigenvalue weighted by molar-refractivity contribution is 5.85. The smallest absolute Gasteiger partial charge is 0.331 e. The van der Waals surface area contributed by atoms with E-state index in [1.807, 2.05) is 0 Å². The molecule has 82 valence electrons. The monoisotopic (exact) mass is 206 g/mol. The predicted octanol–water partition coefficient (Wildman–Crippen LogP) is -1.91. The van der Waals surface area contributed by atoms with Gasteiger partial charge in [-0.1, -0.05) is 0 Å². The fourth-order valence-electron chi connectivity index (χ4n) is 0.762. The Morgan fingerprint density at radius 3 is 2.21 bits per heavy atom. The van der Waals surface area contributed by atoms with Crippen LogP contribution in [0.3, 0.4) is 0 Å². The van der Waals surface area contributed by atoms with Gasteiger partial charge in [-0.2, -0.15) is 0 Å². The molecule has 0 spiro atoms. The molecule has 0 aromatic rings. The lowest BCUT2D eigenvalue weighted by atomic mass is 10.1. The molecule has 0 fully saturated rings. The third-order valence-corrected chi connectivity index (χ3v) is 1.69. The zero-order valence-electron chi connectivity index (χ0n) is 7.66. The lowest BCUT2D eigenvalue weighted by molar-refractivity contribution is -0.132. The lowest BCUT2D eigenvalue weighted by Gasteiger charge is -2.19. The first-order chi connectivity index (χ1) is 6.40. The van der Waals surface area contributed by atoms with E-state index in [0.717, 1.165) is 6.08 Å². The Kier molecular flexibility index (Phi) is 5.32. The van der Waals surface area contributed by atoms with Gasteiger partial charge in [0.2, 0.25) is 0 Å². The molecule has 0 saturated heterocycles. The van der Waals surface area contributed by atoms with Crippen LogP contribution in [0.5, 0.6) is 0 Å². The van der Waals surface area contributed by atoms with Gasteiger partial charge in [0.1, 0.15) is 18.3 Å². The van der Waals surface area contributed by atoms with Gasteiger partial charge in [-0.05, 0) is 13.0 Å². The maximum Gasteiger partial charge on any atom is 0.331 e. The number of aliphatic hydroxyl groups excluding tert-OH is 4. The van der Waals surface area contributed by atoms with E-state index < -0.39 is 30.9 Å². The molecule has 1 unspecified atom stereocenters. The van der Waals surface area contributed by atoms with Crippen molar-refractivity contribution >= 4 is 5.97 Å². The zero-order valence-corrected chi connectivity index (χ0v) is 7.66. The van der Waals surface area contributed by atoms with Crippen molar-refractivity contribution in [3.8, 4) is 0 Å². The molecule has 0 amide bonds. The van der Waals surface area contributed by atoms with Crippen molar-refractivity contribution in [3.63, 3.8) is 0 Å². The summed E-state index contributed by atoms with van der Waals surface area (Å²) in [5.74, 6) is -1.23. The second-order valence-corrected chi connectivity index (χ2v) is 2.89. The zero-order chi connectivity index (χ0) is 11.3. The molecule has 0 aromatic heterocycles. The Hall–Kier alpha value is -0.950. The van der Waals surface area contributed by atoms with E-state index in [1.54, 1.807) is 0 Å². The van der Waals surface area contributed by atoms with Crippen LogP contribution in [0.4, 0.5) is 0 Å². The minimum atomic E-state index is -1.60. The summed E-state index contributed by atoms with van der Waals surface area (Å²) in [4.78, 5) is 10.3. The maximum absolute atomic E-state index is 10.3. The molecule has 5 N–H and O–H groups in total. The first kappa shape index (κ1) is 13.1. The minimum Gasteiger partial charge on any atom is -0.478 e. The van der Waals surface area contributed by atoms with Crippen LogP contribution in [0.25, 0.3) is 0 Å². The normalized spacial score (nSPS) is 18.8. The van der Waals surface area contributed by atoms with Crippen molar-refractivity contribution in [3.05, 3.63) is 11.6 Å². The van der Waals surface area contributed by atoms with E-state index in [9.17, 15) is 9.90 Å². The number of carboxylic acids is 1. The van der Waals surface area contributed by atoms with Crippen LogP contribution in [0, 0.1) is 0 Å². The van der Waals surface area contributed by atoms with Gasteiger partial charge in [0, 0.05) is 5.57 Å². The van der Waals surface area contributed by atoms with E-state index in [0.29, 0.717) is 0 Å². The Morgan fingerprint density at radius 1 is 1.36 bits per heavy atom. The van der Waals surface area contributed by atoms with Gasteiger partial charge < -0.3 is 25.5 Å². The standard InChI is InChI=1S/C8H14O6/c1-4(8(13)14)2-5(10)7(12)6(11)3-9/h2,5-7,9-12H,3H2,1H3,(H,13,14)/t5?,6-,7-/m0/s1. The maximum atomic E-state index is 10.3. The summed E-state index contributed by atoms with van der Waals surface area (Å²) in [5, 5.41) is 44.1. The lowest BCUT2D eigenvalue weighted by Crippen LogP contribution is -2.38. The summed E-state index contributed by atoms with van der Waals surface area (Å²) in [5.41, 5.74) is -0.151. The van der Waals surface area contributed by atoms with Gasteiger partial charge in [0.05, 0.1) is 6.61 Å². The van der Waals surface area contributed by atoms with Crippen molar-refractivity contribution in [2.75, 3.05) is 6.61 Å². The molecule has 0 saturated carbocycles. The van der Waals surface area contributed by atoms with Gasteiger partial charge in [-0.25, -0.2) is 4.79 Å². The average molecular weight is 206 g/mol. The van der Waals surface area contributed by atoms with Crippen molar-refractivity contribution in [2.45, 2.75) is 25.2 Å². The number of hydrogen-bond donors (Lipinski definition) is 5. The van der Waals surface area contributed by atoms with E-state index in [-0.39, 0.29) is 5.57 Å². The molecule has 0 bridgehead atoms. The number of aliphatic carboxylic acids is 1. The number of carboxylic acid groups (broad SMARTS) is 1. The minimum absolute atomic E-state index is 0.151. The number of carbonyl (C=O) groups is 1. The van der Waals surface area contributed by atoms with Gasteiger partial charge >= 0.3 is 5.97 Å². The van der Waals surface area contributed by atoms with Crippen LogP contribution in [-0.2, 0) is 4.79 Å². The SMILES string of the molecule is CC(=CC(O)[C@H](O)[C@@H](O)CO)C(=O)O. The molecule has 0 aromatic carbocycles. The molecule has 3 atom stereocenters. The molecule has 6 nitrogen and oxygen atoms in total. The largest absolute Gasteiger partial charge is 0.478 e. The Morgan fingerprint density at radius 2 is 1.86 bits per heavy atom. The van der Waals surface area contributed by atoms with Crippen molar-refractivity contribution in [1.82, 2.24) is 0 Å². The molecule has 0 aliphatic carbocycles. The van der Waals surface area contributed by atoms with E-state index >= 15 is 0 Å². The van der Waals surface area contributed by atoms with E-state index in [1.165, 1.54) is 6.92 Å². The van der Waals surface area contributed by atoms with E-state index in [4.69, 9.17) is 20.4 Å². The van der Waals surface area contributed by atoms with Crippen LogP contribution in [0.15, 0.2) is 11.6 Å². The molecule has 0 aliphatic heterocycles. The summed E-state index contributed by atoms with van der Waals surface area (Å²) in [7, 11) is 0. The highest BCUT2D eigenvalue weighted by Gasteiger charge is 2.22. The third kappa shape index (κ3) is 3.84. The molecular weight excluding hydrogens is 192 g/mol. The number of aliphatic hydroxyl groups is 4. The molecule has 6 heteroatoms. The molecule has 0 heterocycles. The van der Waals surface area contributed by atoms with Crippen LogP contribution in [0.1, 0.15) is 6.92 Å². The second kappa shape index (κ2) is 5.71. The fourth-order valence-corrected chi connectivity index (χ4v) is 0.762. The molecule has 0 aliphatic rings. The Balaban J connectivity index is 4.40. The summed E-state index contributed by atoms with van der Waals surface area (Å²) in [6.45, 7) is 0.530. The molecule has 0 rings (SSSR count). The van der Waals surface area contributed by atoms with Gasteiger partial charge in [-0.3, -0.25) is 0 Å². The van der Waals surface area contributed by atoms with Crippen molar-refractivity contribution < 1.29 is 30.3 Å². The number of hydrogen-bond acceptors (Lipinski definition) is 5. The van der Waals surface area contributed by atoms with Gasteiger partial charge in [0.25, 0.3) is 0 Å². The summed E-state index contributed by atoms with van der Waals surface area (Å²) < 4.78 is 0. The average Bonchev–Trinajstić information content (AvgIpc) is 2.14. The van der Waals surface area contributed by atoms with Crippen LogP contribution in [0.2, 0.25) is 0 Å². The third-order valence-electron chi connectivity index (χ3n) is 1.69. The molecule has 14 heavy (non-hydrogen) atoms. The second-order valence-electron chi connectivity index (χ2n) is 2.89. The molecular formula is C8H14O6. The van der Waals surface area contributed by atoms with Crippen LogP contribution < -0.4 is 0 Å². The van der Waals surface area contributed by atoms with Crippen LogP contribution >= 0.6 is 0 Å². The summed E-state index contributed by atoms with van der Waals surface area (Å²) in [6.07, 6.45) is -3.73. The molecule has 0 radical (unpaired) electrons. The van der Waals surface area contributed by atoms with Gasteiger partial charge in [-0.15, -0.1) is 0 Å². The highest BCUT2D eigenvalue weighted by atomic mass is 16.4.